The average Bonchev–Trinajstić information content (AvgIpc) is 3.21. The zero-order chi connectivity index (χ0) is 23.8. The summed E-state index contributed by atoms with van der Waals surface area (Å²) in [6.07, 6.45) is 0.806. The van der Waals surface area contributed by atoms with Crippen molar-refractivity contribution in [2.24, 2.45) is 5.92 Å². The molecule has 8 heteroatoms. The third-order valence-corrected chi connectivity index (χ3v) is 8.53. The van der Waals surface area contributed by atoms with Crippen LogP contribution < -0.4 is 5.56 Å². The second-order valence-electron chi connectivity index (χ2n) is 8.57. The summed E-state index contributed by atoms with van der Waals surface area (Å²) in [6.45, 7) is 4.79. The molecule has 0 fully saturated rings. The van der Waals surface area contributed by atoms with Gasteiger partial charge in [0.05, 0.1) is 29.5 Å². The molecular weight excluding hydrogens is 532 g/mol. The van der Waals surface area contributed by atoms with Crippen LogP contribution in [0.3, 0.4) is 0 Å². The predicted molar refractivity (Wildman–Crippen MR) is 142 cm³/mol. The maximum Gasteiger partial charge on any atom is 0.267 e. The lowest BCUT2D eigenvalue weighted by Crippen LogP contribution is -2.28. The zero-order valence-corrected chi connectivity index (χ0v) is 22.0. The largest absolute Gasteiger partial charge is 0.372 e. The molecule has 0 saturated heterocycles. The summed E-state index contributed by atoms with van der Waals surface area (Å²) in [7, 11) is 0. The number of Topliss-reactive ketones (excluding diaryl/α,β-unsaturated/α-hetero) is 1. The number of fused-ring (bicyclic) bond motifs is 3. The summed E-state index contributed by atoms with van der Waals surface area (Å²) in [5.74, 6) is 0.549. The molecule has 0 radical (unpaired) electrons. The van der Waals surface area contributed by atoms with Crippen LogP contribution in [0.1, 0.15) is 34.6 Å². The van der Waals surface area contributed by atoms with Gasteiger partial charge in [-0.15, -0.1) is 11.3 Å². The molecule has 0 amide bonds. The minimum Gasteiger partial charge on any atom is -0.372 e. The molecule has 0 saturated carbocycles. The fourth-order valence-corrected chi connectivity index (χ4v) is 6.42. The lowest BCUT2D eigenvalue weighted by molar-refractivity contribution is 0.00200. The highest BCUT2D eigenvalue weighted by Gasteiger charge is 2.29. The zero-order valence-electron chi connectivity index (χ0n) is 18.8. The molecule has 4 aromatic rings. The molecule has 2 aromatic heterocycles. The van der Waals surface area contributed by atoms with E-state index in [1.54, 1.807) is 16.7 Å². The molecule has 0 aliphatic carbocycles. The van der Waals surface area contributed by atoms with Gasteiger partial charge >= 0.3 is 0 Å². The van der Waals surface area contributed by atoms with Gasteiger partial charge in [0, 0.05) is 21.3 Å². The van der Waals surface area contributed by atoms with Gasteiger partial charge in [-0.05, 0) is 35.7 Å². The van der Waals surface area contributed by atoms with Crippen molar-refractivity contribution < 1.29 is 9.53 Å². The van der Waals surface area contributed by atoms with Crippen molar-refractivity contribution in [3.63, 3.8) is 0 Å². The van der Waals surface area contributed by atoms with Crippen LogP contribution in [-0.2, 0) is 17.8 Å². The molecule has 1 aliphatic heterocycles. The normalized spacial score (nSPS) is 15.6. The standard InChI is InChI=1S/C26H23BrN2O3S2/c1-15(2)21-12-19-22(13-32-21)34-24-23(19)25(31)29(18-6-4-3-5-7-18)26(28-24)33-14-20(30)16-8-10-17(27)11-9-16/h3-11,15,21H,12-14H2,1-2H3/t21-/m1/s1. The second-order valence-corrected chi connectivity index (χ2v) is 11.5. The van der Waals surface area contributed by atoms with Crippen molar-refractivity contribution in [2.75, 3.05) is 5.75 Å². The second kappa shape index (κ2) is 9.77. The number of para-hydroxylation sites is 1. The van der Waals surface area contributed by atoms with E-state index in [2.05, 4.69) is 29.8 Å². The first kappa shape index (κ1) is 23.5. The number of nitrogens with zero attached hydrogens (tertiary/aromatic N) is 2. The molecule has 34 heavy (non-hydrogen) atoms. The van der Waals surface area contributed by atoms with E-state index in [9.17, 15) is 9.59 Å². The van der Waals surface area contributed by atoms with Crippen molar-refractivity contribution >= 4 is 55.0 Å². The monoisotopic (exact) mass is 554 g/mol. The molecule has 2 aromatic carbocycles. The van der Waals surface area contributed by atoms with E-state index in [-0.39, 0.29) is 23.2 Å². The number of thiophene rings is 1. The molecule has 0 N–H and O–H groups in total. The van der Waals surface area contributed by atoms with Crippen LogP contribution in [0.15, 0.2) is 69.0 Å². The van der Waals surface area contributed by atoms with Crippen LogP contribution in [-0.4, -0.2) is 27.2 Å². The van der Waals surface area contributed by atoms with E-state index in [4.69, 9.17) is 9.72 Å². The number of thioether (sulfide) groups is 1. The average molecular weight is 556 g/mol. The number of halogens is 1. The van der Waals surface area contributed by atoms with E-state index in [1.807, 2.05) is 42.5 Å². The van der Waals surface area contributed by atoms with Crippen LogP contribution in [0.5, 0.6) is 0 Å². The molecule has 3 heterocycles. The molecule has 1 aliphatic rings. The minimum absolute atomic E-state index is 0.00916. The molecule has 0 spiro atoms. The number of ketones is 1. The van der Waals surface area contributed by atoms with E-state index in [0.717, 1.165) is 20.6 Å². The number of rotatable bonds is 6. The summed E-state index contributed by atoms with van der Waals surface area (Å²) < 4.78 is 8.61. The first-order valence-electron chi connectivity index (χ1n) is 11.1. The van der Waals surface area contributed by atoms with Gasteiger partial charge in [0.2, 0.25) is 0 Å². The van der Waals surface area contributed by atoms with Crippen LogP contribution in [0.2, 0.25) is 0 Å². The van der Waals surface area contributed by atoms with Gasteiger partial charge in [0.25, 0.3) is 5.56 Å². The van der Waals surface area contributed by atoms with E-state index in [1.165, 1.54) is 23.1 Å². The fourth-order valence-electron chi connectivity index (χ4n) is 4.09. The van der Waals surface area contributed by atoms with Crippen LogP contribution in [0.4, 0.5) is 0 Å². The number of ether oxygens (including phenoxy) is 1. The smallest absolute Gasteiger partial charge is 0.267 e. The van der Waals surface area contributed by atoms with Gasteiger partial charge in [0.15, 0.2) is 10.9 Å². The Hall–Kier alpha value is -2.26. The number of aromatic nitrogens is 2. The number of hydrogen-bond acceptors (Lipinski definition) is 6. The topological polar surface area (TPSA) is 61.2 Å². The Morgan fingerprint density at radius 1 is 1.21 bits per heavy atom. The molecule has 0 bridgehead atoms. The minimum atomic E-state index is -0.0864. The quantitative estimate of drug-likeness (QED) is 0.159. The Morgan fingerprint density at radius 3 is 2.65 bits per heavy atom. The predicted octanol–water partition coefficient (Wildman–Crippen LogP) is 6.28. The molecular formula is C26H23BrN2O3S2. The molecule has 174 valence electrons. The maximum absolute atomic E-state index is 13.9. The Kier molecular flexibility index (Phi) is 6.75. The number of carbonyl (C=O) groups is 1. The highest BCUT2D eigenvalue weighted by molar-refractivity contribution is 9.10. The lowest BCUT2D eigenvalue weighted by atomic mass is 9.96. The van der Waals surface area contributed by atoms with Crippen molar-refractivity contribution in [2.45, 2.75) is 38.1 Å². The maximum atomic E-state index is 13.9. The lowest BCUT2D eigenvalue weighted by Gasteiger charge is -2.26. The van der Waals surface area contributed by atoms with Crippen molar-refractivity contribution in [3.05, 3.63) is 85.4 Å². The van der Waals surface area contributed by atoms with Gasteiger partial charge in [0.1, 0.15) is 4.83 Å². The molecule has 1 atom stereocenters. The Morgan fingerprint density at radius 2 is 1.94 bits per heavy atom. The summed E-state index contributed by atoms with van der Waals surface area (Å²) in [5.41, 5.74) is 2.35. The SMILES string of the molecule is CC(C)[C@H]1Cc2c(sc3nc(SCC(=O)c4ccc(Br)cc4)n(-c4ccccc4)c(=O)c23)CO1. The van der Waals surface area contributed by atoms with Crippen molar-refractivity contribution in [1.29, 1.82) is 0 Å². The van der Waals surface area contributed by atoms with Gasteiger partial charge in [-0.3, -0.25) is 14.2 Å². The Bertz CT molecular complexity index is 1410. The van der Waals surface area contributed by atoms with Gasteiger partial charge in [-0.25, -0.2) is 4.98 Å². The van der Waals surface area contributed by atoms with Crippen LogP contribution in [0.25, 0.3) is 15.9 Å². The number of benzene rings is 2. The molecule has 0 unspecified atom stereocenters. The van der Waals surface area contributed by atoms with Crippen LogP contribution >= 0.6 is 39.0 Å². The van der Waals surface area contributed by atoms with E-state index < -0.39 is 0 Å². The summed E-state index contributed by atoms with van der Waals surface area (Å²) in [6, 6.07) is 16.8. The van der Waals surface area contributed by atoms with Crippen LogP contribution in [0, 0.1) is 5.92 Å². The number of hydrogen-bond donors (Lipinski definition) is 0. The van der Waals surface area contributed by atoms with Crippen molar-refractivity contribution in [1.82, 2.24) is 9.55 Å². The molecule has 5 rings (SSSR count). The fraction of sp³-hybridized carbons (Fsp3) is 0.269. The number of carbonyl (C=O) groups excluding carboxylic acids is 1. The third kappa shape index (κ3) is 4.52. The summed E-state index contributed by atoms with van der Waals surface area (Å²) >= 11 is 6.22. The first-order valence-corrected chi connectivity index (χ1v) is 13.7. The van der Waals surface area contributed by atoms with E-state index >= 15 is 0 Å². The Balaban J connectivity index is 1.58. The summed E-state index contributed by atoms with van der Waals surface area (Å²) in [5, 5.41) is 1.20. The molecule has 5 nitrogen and oxygen atoms in total. The van der Waals surface area contributed by atoms with Crippen molar-refractivity contribution in [3.8, 4) is 5.69 Å². The summed E-state index contributed by atoms with van der Waals surface area (Å²) in [4.78, 5) is 33.4. The third-order valence-electron chi connectivity index (χ3n) is 5.97. The van der Waals surface area contributed by atoms with E-state index in [0.29, 0.717) is 39.9 Å². The van der Waals surface area contributed by atoms with Gasteiger partial charge in [-0.2, -0.15) is 0 Å². The van der Waals surface area contributed by atoms with Gasteiger partial charge in [-0.1, -0.05) is 71.9 Å². The first-order chi connectivity index (χ1) is 16.4. The van der Waals surface area contributed by atoms with Gasteiger partial charge < -0.3 is 4.74 Å². The Labute approximate surface area is 214 Å². The highest BCUT2D eigenvalue weighted by atomic mass is 79.9. The highest BCUT2D eigenvalue weighted by Crippen LogP contribution is 2.36.